The van der Waals surface area contributed by atoms with Crippen molar-refractivity contribution in [1.82, 2.24) is 10.2 Å². The molecule has 0 saturated heterocycles. The molecule has 0 fully saturated rings. The molecule has 0 aliphatic heterocycles. The average Bonchev–Trinajstić information content (AvgIpc) is 2.99. The summed E-state index contributed by atoms with van der Waals surface area (Å²) in [4.78, 5) is 28.7. The highest BCUT2D eigenvalue weighted by Gasteiger charge is 2.34. The number of hydrogen-bond donors (Lipinski definition) is 1. The van der Waals surface area contributed by atoms with E-state index in [1.807, 2.05) is 6.92 Å². The minimum absolute atomic E-state index is 0.00684. The second-order valence-electron chi connectivity index (χ2n) is 9.34. The Morgan fingerprint density at radius 3 is 2.21 bits per heavy atom. The van der Waals surface area contributed by atoms with Gasteiger partial charge in [-0.05, 0) is 54.8 Å². The largest absolute Gasteiger partial charge is 0.493 e. The molecule has 0 heterocycles. The first-order valence-corrected chi connectivity index (χ1v) is 15.6. The van der Waals surface area contributed by atoms with Gasteiger partial charge in [-0.2, -0.15) is 0 Å². The summed E-state index contributed by atoms with van der Waals surface area (Å²) in [7, 11) is -1.34. The highest BCUT2D eigenvalue weighted by molar-refractivity contribution is 7.92. The fraction of sp³-hybridized carbons (Fsp3) is 0.333. The molecule has 12 heteroatoms. The first kappa shape index (κ1) is 33.0. The van der Waals surface area contributed by atoms with E-state index in [1.54, 1.807) is 49.4 Å². The third-order valence-corrected chi connectivity index (χ3v) is 8.93. The number of benzene rings is 3. The third kappa shape index (κ3) is 7.87. The highest BCUT2D eigenvalue weighted by Crippen LogP contribution is 2.34. The Labute approximate surface area is 257 Å². The lowest BCUT2D eigenvalue weighted by Crippen LogP contribution is -2.52. The third-order valence-electron chi connectivity index (χ3n) is 6.56. The molecule has 2 amide bonds. The Hall–Kier alpha value is -3.47. The number of carbonyl (C=O) groups excluding carboxylic acids is 2. The van der Waals surface area contributed by atoms with Gasteiger partial charge >= 0.3 is 0 Å². The lowest BCUT2D eigenvalue weighted by atomic mass is 10.1. The molecule has 0 bridgehead atoms. The molecule has 3 aromatic rings. The number of ether oxygens (including phenoxy) is 2. The van der Waals surface area contributed by atoms with Gasteiger partial charge in [0.25, 0.3) is 10.0 Å². The molecule has 226 valence electrons. The number of nitrogens with zero attached hydrogens (tertiary/aromatic N) is 2. The summed E-state index contributed by atoms with van der Waals surface area (Å²) in [6, 6.07) is 16.3. The van der Waals surface area contributed by atoms with Crippen LogP contribution in [0.25, 0.3) is 0 Å². The quantitative estimate of drug-likeness (QED) is 0.249. The average molecular weight is 637 g/mol. The van der Waals surface area contributed by atoms with Crippen molar-refractivity contribution in [3.8, 4) is 11.5 Å². The van der Waals surface area contributed by atoms with Crippen molar-refractivity contribution in [1.29, 1.82) is 0 Å². The Morgan fingerprint density at radius 2 is 1.62 bits per heavy atom. The highest BCUT2D eigenvalue weighted by atomic mass is 35.5. The van der Waals surface area contributed by atoms with E-state index in [4.69, 9.17) is 32.7 Å². The molecule has 0 aliphatic rings. The Balaban J connectivity index is 2.12. The number of halogens is 2. The summed E-state index contributed by atoms with van der Waals surface area (Å²) >= 11 is 12.5. The first-order valence-electron chi connectivity index (χ1n) is 13.4. The summed E-state index contributed by atoms with van der Waals surface area (Å²) in [5.41, 5.74) is 0.734. The maximum absolute atomic E-state index is 14.2. The van der Waals surface area contributed by atoms with Gasteiger partial charge in [-0.3, -0.25) is 13.9 Å². The number of amides is 2. The first-order chi connectivity index (χ1) is 20.1. The topological polar surface area (TPSA) is 105 Å². The van der Waals surface area contributed by atoms with Crippen molar-refractivity contribution >= 4 is 50.7 Å². The van der Waals surface area contributed by atoms with E-state index in [1.165, 1.54) is 43.4 Å². The van der Waals surface area contributed by atoms with Crippen LogP contribution in [0.2, 0.25) is 10.0 Å². The minimum Gasteiger partial charge on any atom is -0.493 e. The number of rotatable bonds is 14. The van der Waals surface area contributed by atoms with Crippen LogP contribution < -0.4 is 19.1 Å². The van der Waals surface area contributed by atoms with Crippen molar-refractivity contribution in [3.63, 3.8) is 0 Å². The SMILES string of the molecule is CCCNC(=O)[C@@H](CC)N(Cc1ccc(Cl)cc1Cl)C(=O)CN(c1ccc(OC)c(OC)c1)S(=O)(=O)c1ccccc1. The van der Waals surface area contributed by atoms with E-state index in [2.05, 4.69) is 5.32 Å². The second kappa shape index (κ2) is 15.1. The van der Waals surface area contributed by atoms with E-state index in [0.717, 1.165) is 4.31 Å². The Bertz CT molecular complexity index is 1490. The van der Waals surface area contributed by atoms with Crippen LogP contribution in [0, 0.1) is 0 Å². The maximum Gasteiger partial charge on any atom is 0.264 e. The molecular weight excluding hydrogens is 601 g/mol. The van der Waals surface area contributed by atoms with E-state index in [9.17, 15) is 18.0 Å². The lowest BCUT2D eigenvalue weighted by molar-refractivity contribution is -0.140. The molecule has 0 radical (unpaired) electrons. The monoisotopic (exact) mass is 635 g/mol. The number of sulfonamides is 1. The number of methoxy groups -OCH3 is 2. The van der Waals surface area contributed by atoms with Crippen LogP contribution in [0.3, 0.4) is 0 Å². The summed E-state index contributed by atoms with van der Waals surface area (Å²) in [5, 5.41) is 3.58. The van der Waals surface area contributed by atoms with Crippen molar-refractivity contribution in [2.45, 2.75) is 44.2 Å². The van der Waals surface area contributed by atoms with Gasteiger partial charge in [0.2, 0.25) is 11.8 Å². The predicted molar refractivity (Wildman–Crippen MR) is 165 cm³/mol. The number of hydrogen-bond acceptors (Lipinski definition) is 6. The van der Waals surface area contributed by atoms with Crippen molar-refractivity contribution in [2.75, 3.05) is 31.6 Å². The molecule has 0 aliphatic carbocycles. The van der Waals surface area contributed by atoms with Crippen LogP contribution in [0.5, 0.6) is 11.5 Å². The fourth-order valence-corrected chi connectivity index (χ4v) is 6.24. The van der Waals surface area contributed by atoms with Gasteiger partial charge in [0, 0.05) is 29.2 Å². The van der Waals surface area contributed by atoms with Gasteiger partial charge in [-0.25, -0.2) is 8.42 Å². The molecule has 3 aromatic carbocycles. The molecular formula is C30H35Cl2N3O6S. The molecule has 0 aromatic heterocycles. The van der Waals surface area contributed by atoms with Crippen molar-refractivity contribution in [2.24, 2.45) is 0 Å². The number of carbonyl (C=O) groups is 2. The molecule has 1 N–H and O–H groups in total. The molecule has 0 saturated carbocycles. The minimum atomic E-state index is -4.24. The Morgan fingerprint density at radius 1 is 0.929 bits per heavy atom. The standard InChI is InChI=1S/C30H35Cl2N3O6S/c1-5-16-33-30(37)26(6-2)34(19-21-12-13-22(31)17-25(21)32)29(36)20-35(42(38,39)24-10-8-7-9-11-24)23-14-15-27(40-3)28(18-23)41-4/h7-15,17-18,26H,5-6,16,19-20H2,1-4H3,(H,33,37)/t26-/m1/s1. The lowest BCUT2D eigenvalue weighted by Gasteiger charge is -2.33. The molecule has 0 spiro atoms. The zero-order valence-corrected chi connectivity index (χ0v) is 26.3. The van der Waals surface area contributed by atoms with E-state index in [0.29, 0.717) is 34.3 Å². The smallest absolute Gasteiger partial charge is 0.264 e. The second-order valence-corrected chi connectivity index (χ2v) is 12.0. The summed E-state index contributed by atoms with van der Waals surface area (Å²) in [5.74, 6) is -0.275. The normalized spacial score (nSPS) is 11.9. The van der Waals surface area contributed by atoms with Crippen molar-refractivity contribution < 1.29 is 27.5 Å². The van der Waals surface area contributed by atoms with Crippen LogP contribution in [0.1, 0.15) is 32.3 Å². The van der Waals surface area contributed by atoms with Crippen LogP contribution in [0.4, 0.5) is 5.69 Å². The van der Waals surface area contributed by atoms with E-state index >= 15 is 0 Å². The van der Waals surface area contributed by atoms with Gasteiger partial charge in [0.05, 0.1) is 24.8 Å². The van der Waals surface area contributed by atoms with Crippen LogP contribution in [-0.4, -0.2) is 58.5 Å². The van der Waals surface area contributed by atoms with Crippen LogP contribution in [0.15, 0.2) is 71.6 Å². The molecule has 1 atom stereocenters. The fourth-order valence-electron chi connectivity index (χ4n) is 4.35. The van der Waals surface area contributed by atoms with Gasteiger partial charge in [-0.15, -0.1) is 0 Å². The summed E-state index contributed by atoms with van der Waals surface area (Å²) in [6.07, 6.45) is 0.996. The Kier molecular flexibility index (Phi) is 11.9. The van der Waals surface area contributed by atoms with Crippen LogP contribution >= 0.6 is 23.2 Å². The molecule has 9 nitrogen and oxygen atoms in total. The molecule has 42 heavy (non-hydrogen) atoms. The molecule has 3 rings (SSSR count). The zero-order chi connectivity index (χ0) is 30.9. The summed E-state index contributed by atoms with van der Waals surface area (Å²) in [6.45, 7) is 3.49. The number of nitrogens with one attached hydrogen (secondary N) is 1. The van der Waals surface area contributed by atoms with Gasteiger partial charge in [0.15, 0.2) is 11.5 Å². The number of anilines is 1. The van der Waals surface area contributed by atoms with Gasteiger partial charge < -0.3 is 19.7 Å². The maximum atomic E-state index is 14.2. The zero-order valence-electron chi connectivity index (χ0n) is 24.0. The molecule has 0 unspecified atom stereocenters. The van der Waals surface area contributed by atoms with Gasteiger partial charge in [0.1, 0.15) is 12.6 Å². The van der Waals surface area contributed by atoms with E-state index in [-0.39, 0.29) is 35.2 Å². The van der Waals surface area contributed by atoms with Gasteiger partial charge in [-0.1, -0.05) is 61.3 Å². The predicted octanol–water partition coefficient (Wildman–Crippen LogP) is 5.54. The van der Waals surface area contributed by atoms with E-state index < -0.39 is 28.5 Å². The van der Waals surface area contributed by atoms with Crippen molar-refractivity contribution in [3.05, 3.63) is 82.3 Å². The summed E-state index contributed by atoms with van der Waals surface area (Å²) < 4.78 is 39.7. The van der Waals surface area contributed by atoms with Crippen LogP contribution in [-0.2, 0) is 26.2 Å².